The highest BCUT2D eigenvalue weighted by molar-refractivity contribution is 5.97. The highest BCUT2D eigenvalue weighted by atomic mass is 16.6. The number of nitrogens with zero attached hydrogens (tertiary/aromatic N) is 3. The first-order valence-electron chi connectivity index (χ1n) is 5.32. The highest BCUT2D eigenvalue weighted by Crippen LogP contribution is 2.16. The van der Waals surface area contributed by atoms with Gasteiger partial charge in [0.25, 0.3) is 11.6 Å². The lowest BCUT2D eigenvalue weighted by atomic mass is 10.3. The molecule has 10 heteroatoms. The third-order valence-corrected chi connectivity index (χ3v) is 2.38. The van der Waals surface area contributed by atoms with Crippen molar-refractivity contribution < 1.29 is 24.4 Å². The monoisotopic (exact) mass is 284 g/mol. The molecule has 0 unspecified atom stereocenters. The van der Waals surface area contributed by atoms with Crippen LogP contribution in [0.5, 0.6) is 0 Å². The zero-order valence-electron chi connectivity index (χ0n) is 10.5. The van der Waals surface area contributed by atoms with Crippen molar-refractivity contribution in [2.75, 3.05) is 13.1 Å². The van der Waals surface area contributed by atoms with E-state index in [9.17, 15) is 24.5 Å². The summed E-state index contributed by atoms with van der Waals surface area (Å²) in [5.41, 5.74) is 4.51. The predicted molar refractivity (Wildman–Crippen MR) is 64.8 cm³/mol. The van der Waals surface area contributed by atoms with Gasteiger partial charge in [-0.3, -0.25) is 24.5 Å². The van der Waals surface area contributed by atoms with Crippen molar-refractivity contribution in [1.29, 1.82) is 0 Å². The summed E-state index contributed by atoms with van der Waals surface area (Å²) < 4.78 is 1.18. The van der Waals surface area contributed by atoms with E-state index in [1.54, 1.807) is 0 Å². The van der Waals surface area contributed by atoms with Crippen molar-refractivity contribution in [2.24, 2.45) is 12.8 Å². The molecule has 0 radical (unpaired) electrons. The number of nitrogens with two attached hydrogens (primary N) is 1. The van der Waals surface area contributed by atoms with E-state index in [1.807, 2.05) is 0 Å². The van der Waals surface area contributed by atoms with Gasteiger partial charge in [-0.15, -0.1) is 0 Å². The van der Waals surface area contributed by atoms with Crippen molar-refractivity contribution in [3.63, 3.8) is 0 Å². The summed E-state index contributed by atoms with van der Waals surface area (Å²) in [7, 11) is 1.39. The molecule has 1 heterocycles. The van der Waals surface area contributed by atoms with Gasteiger partial charge >= 0.3 is 5.97 Å². The van der Waals surface area contributed by atoms with E-state index in [2.05, 4.69) is 0 Å². The maximum absolute atomic E-state index is 12.1. The van der Waals surface area contributed by atoms with Crippen LogP contribution in [0, 0.1) is 10.1 Å². The van der Waals surface area contributed by atoms with Crippen LogP contribution in [0.25, 0.3) is 0 Å². The molecular weight excluding hydrogens is 272 g/mol. The topological polar surface area (TPSA) is 149 Å². The lowest BCUT2D eigenvalue weighted by Gasteiger charge is -2.18. The summed E-state index contributed by atoms with van der Waals surface area (Å²) in [5, 5.41) is 19.3. The molecule has 108 valence electrons. The second kappa shape index (κ2) is 5.82. The van der Waals surface area contributed by atoms with Crippen molar-refractivity contribution in [3.8, 4) is 0 Å². The molecule has 0 aromatic carbocycles. The number of carboxylic acid groups (broad SMARTS) is 1. The third kappa shape index (κ3) is 3.54. The maximum Gasteiger partial charge on any atom is 0.323 e. The number of carbonyl (C=O) groups excluding carboxylic acids is 2. The number of primary amides is 1. The van der Waals surface area contributed by atoms with Gasteiger partial charge < -0.3 is 20.3 Å². The zero-order valence-corrected chi connectivity index (χ0v) is 10.5. The highest BCUT2D eigenvalue weighted by Gasteiger charge is 2.25. The molecule has 0 saturated carbocycles. The van der Waals surface area contributed by atoms with Crippen molar-refractivity contribution in [3.05, 3.63) is 28.1 Å². The molecule has 0 atom stereocenters. The smallest absolute Gasteiger partial charge is 0.323 e. The molecule has 1 aromatic rings. The Kier molecular flexibility index (Phi) is 4.41. The number of nitro groups is 1. The Balaban J connectivity index is 3.07. The first-order chi connectivity index (χ1) is 9.22. The minimum atomic E-state index is -1.33. The summed E-state index contributed by atoms with van der Waals surface area (Å²) in [4.78, 5) is 44.2. The number of hydrogen-bond acceptors (Lipinski definition) is 5. The molecule has 0 fully saturated rings. The molecule has 1 aromatic heterocycles. The number of aryl methyl sites for hydroxylation is 1. The van der Waals surface area contributed by atoms with Crippen LogP contribution in [0.1, 0.15) is 10.5 Å². The minimum absolute atomic E-state index is 0.112. The molecule has 10 nitrogen and oxygen atoms in total. The number of amides is 2. The van der Waals surface area contributed by atoms with E-state index in [0.29, 0.717) is 4.90 Å². The predicted octanol–water partition coefficient (Wildman–Crippen LogP) is -1.05. The van der Waals surface area contributed by atoms with Crippen molar-refractivity contribution in [1.82, 2.24) is 9.47 Å². The van der Waals surface area contributed by atoms with Crippen LogP contribution < -0.4 is 5.73 Å². The van der Waals surface area contributed by atoms with Gasteiger partial charge in [0.05, 0.1) is 11.1 Å². The number of rotatable bonds is 6. The van der Waals surface area contributed by atoms with Crippen LogP contribution in [0.2, 0.25) is 0 Å². The first-order valence-corrected chi connectivity index (χ1v) is 5.32. The molecule has 20 heavy (non-hydrogen) atoms. The largest absolute Gasteiger partial charge is 0.480 e. The molecule has 0 aliphatic rings. The van der Waals surface area contributed by atoms with Gasteiger partial charge in [-0.2, -0.15) is 0 Å². The van der Waals surface area contributed by atoms with E-state index >= 15 is 0 Å². The Bertz CT molecular complexity index is 562. The number of aliphatic carboxylic acids is 1. The van der Waals surface area contributed by atoms with Gasteiger partial charge in [0.1, 0.15) is 18.8 Å². The van der Waals surface area contributed by atoms with Gasteiger partial charge in [0.2, 0.25) is 5.91 Å². The van der Waals surface area contributed by atoms with Crippen LogP contribution in [-0.2, 0) is 16.6 Å². The standard InChI is InChI=1S/C10H12N4O6/c1-12-3-6(14(19)20)2-7(12)10(18)13(4-8(11)15)5-9(16)17/h2-3H,4-5H2,1H3,(H2,11,15)(H,16,17). The maximum atomic E-state index is 12.1. The summed E-state index contributed by atoms with van der Waals surface area (Å²) in [5.74, 6) is -3.05. The second-order valence-corrected chi connectivity index (χ2v) is 3.97. The Hall–Kier alpha value is -2.91. The molecule has 3 N–H and O–H groups in total. The summed E-state index contributed by atoms with van der Waals surface area (Å²) in [6, 6.07) is 0.998. The lowest BCUT2D eigenvalue weighted by molar-refractivity contribution is -0.384. The Morgan fingerprint density at radius 2 is 2.05 bits per heavy atom. The molecular formula is C10H12N4O6. The minimum Gasteiger partial charge on any atom is -0.480 e. The molecule has 0 bridgehead atoms. The molecule has 0 spiro atoms. The fraction of sp³-hybridized carbons (Fsp3) is 0.300. The first kappa shape index (κ1) is 15.1. The fourth-order valence-corrected chi connectivity index (χ4v) is 1.57. The van der Waals surface area contributed by atoms with E-state index in [0.717, 1.165) is 12.3 Å². The Morgan fingerprint density at radius 1 is 1.45 bits per heavy atom. The van der Waals surface area contributed by atoms with E-state index in [4.69, 9.17) is 10.8 Å². The SMILES string of the molecule is Cn1cc([N+](=O)[O-])cc1C(=O)N(CC(N)=O)CC(=O)O. The van der Waals surface area contributed by atoms with Crippen LogP contribution in [-0.4, -0.2) is 50.4 Å². The molecule has 0 aliphatic carbocycles. The lowest BCUT2D eigenvalue weighted by Crippen LogP contribution is -2.42. The van der Waals surface area contributed by atoms with E-state index in [-0.39, 0.29) is 11.4 Å². The number of carboxylic acids is 1. The zero-order chi connectivity index (χ0) is 15.4. The van der Waals surface area contributed by atoms with Gasteiger partial charge in [0.15, 0.2) is 0 Å². The number of carbonyl (C=O) groups is 3. The summed E-state index contributed by atoms with van der Waals surface area (Å²) >= 11 is 0. The third-order valence-electron chi connectivity index (χ3n) is 2.38. The quantitative estimate of drug-likeness (QED) is 0.502. The van der Waals surface area contributed by atoms with Crippen molar-refractivity contribution >= 4 is 23.5 Å². The average molecular weight is 284 g/mol. The van der Waals surface area contributed by atoms with E-state index in [1.165, 1.54) is 11.6 Å². The molecule has 1 rings (SSSR count). The Labute approximate surface area is 112 Å². The number of aromatic nitrogens is 1. The van der Waals surface area contributed by atoms with E-state index < -0.39 is 35.8 Å². The molecule has 0 saturated heterocycles. The van der Waals surface area contributed by atoms with Crippen LogP contribution in [0.4, 0.5) is 5.69 Å². The molecule has 2 amide bonds. The Morgan fingerprint density at radius 3 is 2.45 bits per heavy atom. The van der Waals surface area contributed by atoms with Gasteiger partial charge in [-0.05, 0) is 0 Å². The summed E-state index contributed by atoms with van der Waals surface area (Å²) in [6.07, 6.45) is 1.11. The van der Waals surface area contributed by atoms with Crippen LogP contribution >= 0.6 is 0 Å². The summed E-state index contributed by atoms with van der Waals surface area (Å²) in [6.45, 7) is -1.33. The van der Waals surface area contributed by atoms with Gasteiger partial charge in [-0.25, -0.2) is 0 Å². The molecule has 0 aliphatic heterocycles. The fourth-order valence-electron chi connectivity index (χ4n) is 1.57. The van der Waals surface area contributed by atoms with Crippen LogP contribution in [0.3, 0.4) is 0 Å². The van der Waals surface area contributed by atoms with Crippen LogP contribution in [0.15, 0.2) is 12.3 Å². The second-order valence-electron chi connectivity index (χ2n) is 3.97. The normalized spacial score (nSPS) is 10.1. The number of hydrogen-bond donors (Lipinski definition) is 2. The van der Waals surface area contributed by atoms with Crippen molar-refractivity contribution in [2.45, 2.75) is 0 Å². The van der Waals surface area contributed by atoms with Gasteiger partial charge in [-0.1, -0.05) is 0 Å². The van der Waals surface area contributed by atoms with Gasteiger partial charge in [0, 0.05) is 13.1 Å². The average Bonchev–Trinajstić information content (AvgIpc) is 2.68.